The number of anilines is 2. The van der Waals surface area contributed by atoms with Gasteiger partial charge < -0.3 is 10.6 Å². The topological polar surface area (TPSA) is 58.2 Å². The standard InChI is InChI=1S/C24H24N2O2S/c1-16-12-13-19-20(14-16)29-24(26-21(27)15-17-8-4-2-5-9-17)22(19)23(28)25-18-10-6-3-7-11-18/h2-11,16H,12-15H2,1H3,(H,25,28)(H,26,27)/t16-/m1/s1. The van der Waals surface area contributed by atoms with E-state index in [1.54, 1.807) is 11.3 Å². The van der Waals surface area contributed by atoms with E-state index >= 15 is 0 Å². The van der Waals surface area contributed by atoms with Crippen molar-refractivity contribution in [3.8, 4) is 0 Å². The fraction of sp³-hybridized carbons (Fsp3) is 0.250. The lowest BCUT2D eigenvalue weighted by Gasteiger charge is -2.18. The summed E-state index contributed by atoms with van der Waals surface area (Å²) < 4.78 is 0. The molecule has 2 amide bonds. The fourth-order valence-corrected chi connectivity index (χ4v) is 5.17. The number of hydrogen-bond acceptors (Lipinski definition) is 3. The molecule has 0 unspecified atom stereocenters. The van der Waals surface area contributed by atoms with Crippen LogP contribution in [0.3, 0.4) is 0 Å². The molecule has 0 saturated heterocycles. The van der Waals surface area contributed by atoms with Gasteiger partial charge in [-0.2, -0.15) is 0 Å². The van der Waals surface area contributed by atoms with E-state index in [9.17, 15) is 9.59 Å². The molecule has 1 aliphatic rings. The number of benzene rings is 2. The van der Waals surface area contributed by atoms with Gasteiger partial charge in [-0.3, -0.25) is 9.59 Å². The van der Waals surface area contributed by atoms with Crippen LogP contribution in [0.1, 0.15) is 39.7 Å². The Hall–Kier alpha value is -2.92. The van der Waals surface area contributed by atoms with Crippen LogP contribution >= 0.6 is 11.3 Å². The van der Waals surface area contributed by atoms with Crippen LogP contribution in [0.2, 0.25) is 0 Å². The SMILES string of the molecule is C[C@@H]1CCc2c(sc(NC(=O)Cc3ccccc3)c2C(=O)Nc2ccccc2)C1. The molecule has 1 atom stereocenters. The maximum Gasteiger partial charge on any atom is 0.258 e. The maximum absolute atomic E-state index is 13.1. The summed E-state index contributed by atoms with van der Waals surface area (Å²) in [6.45, 7) is 2.24. The average molecular weight is 405 g/mol. The zero-order chi connectivity index (χ0) is 20.2. The molecule has 4 rings (SSSR count). The summed E-state index contributed by atoms with van der Waals surface area (Å²) in [4.78, 5) is 27.0. The minimum atomic E-state index is -0.154. The quantitative estimate of drug-likeness (QED) is 0.606. The second-order valence-electron chi connectivity index (χ2n) is 7.59. The van der Waals surface area contributed by atoms with E-state index in [1.807, 2.05) is 60.7 Å². The fourth-order valence-electron chi connectivity index (χ4n) is 3.75. The molecule has 4 nitrogen and oxygen atoms in total. The number of hydrogen-bond donors (Lipinski definition) is 2. The molecule has 3 aromatic rings. The van der Waals surface area contributed by atoms with Crippen molar-refractivity contribution in [3.63, 3.8) is 0 Å². The molecule has 0 saturated carbocycles. The Labute approximate surface area is 175 Å². The molecule has 2 N–H and O–H groups in total. The molecule has 29 heavy (non-hydrogen) atoms. The third kappa shape index (κ3) is 4.57. The largest absolute Gasteiger partial charge is 0.322 e. The summed E-state index contributed by atoms with van der Waals surface area (Å²) >= 11 is 1.55. The highest BCUT2D eigenvalue weighted by molar-refractivity contribution is 7.17. The number of amides is 2. The van der Waals surface area contributed by atoms with Gasteiger partial charge in [0.25, 0.3) is 5.91 Å². The number of carbonyl (C=O) groups excluding carboxylic acids is 2. The second-order valence-corrected chi connectivity index (χ2v) is 8.69. The number of nitrogens with one attached hydrogen (secondary N) is 2. The summed E-state index contributed by atoms with van der Waals surface area (Å²) in [6, 6.07) is 19.1. The van der Waals surface area contributed by atoms with Crippen molar-refractivity contribution in [1.29, 1.82) is 0 Å². The third-order valence-electron chi connectivity index (χ3n) is 5.23. The van der Waals surface area contributed by atoms with Crippen LogP contribution in [0.25, 0.3) is 0 Å². The van der Waals surface area contributed by atoms with Crippen molar-refractivity contribution >= 4 is 33.8 Å². The van der Waals surface area contributed by atoms with Crippen LogP contribution in [0, 0.1) is 5.92 Å². The smallest absolute Gasteiger partial charge is 0.258 e. The maximum atomic E-state index is 13.1. The van der Waals surface area contributed by atoms with Gasteiger partial charge in [-0.25, -0.2) is 0 Å². The number of para-hydroxylation sites is 1. The van der Waals surface area contributed by atoms with Gasteiger partial charge in [0.2, 0.25) is 5.91 Å². The Morgan fingerprint density at radius 2 is 1.69 bits per heavy atom. The van der Waals surface area contributed by atoms with E-state index < -0.39 is 0 Å². The van der Waals surface area contributed by atoms with Crippen molar-refractivity contribution in [2.24, 2.45) is 5.92 Å². The van der Waals surface area contributed by atoms with E-state index in [4.69, 9.17) is 0 Å². The molecule has 0 aliphatic heterocycles. The highest BCUT2D eigenvalue weighted by Crippen LogP contribution is 2.40. The summed E-state index contributed by atoms with van der Waals surface area (Å²) in [7, 11) is 0. The molecule has 0 fully saturated rings. The summed E-state index contributed by atoms with van der Waals surface area (Å²) in [5, 5.41) is 6.67. The number of carbonyl (C=O) groups is 2. The predicted octanol–water partition coefficient (Wildman–Crippen LogP) is 5.31. The molecule has 0 bridgehead atoms. The summed E-state index contributed by atoms with van der Waals surface area (Å²) in [5.41, 5.74) is 3.43. The van der Waals surface area contributed by atoms with Gasteiger partial charge >= 0.3 is 0 Å². The zero-order valence-electron chi connectivity index (χ0n) is 16.4. The van der Waals surface area contributed by atoms with Crippen LogP contribution in [-0.4, -0.2) is 11.8 Å². The first kappa shape index (κ1) is 19.4. The van der Waals surface area contributed by atoms with Gasteiger partial charge in [0.05, 0.1) is 12.0 Å². The summed E-state index contributed by atoms with van der Waals surface area (Å²) in [5.74, 6) is 0.342. The Bertz CT molecular complexity index is 1010. The van der Waals surface area contributed by atoms with Crippen LogP contribution in [0.5, 0.6) is 0 Å². The Morgan fingerprint density at radius 1 is 1.00 bits per heavy atom. The third-order valence-corrected chi connectivity index (χ3v) is 6.40. The number of fused-ring (bicyclic) bond motifs is 1. The first-order valence-electron chi connectivity index (χ1n) is 9.95. The van der Waals surface area contributed by atoms with Crippen molar-refractivity contribution in [3.05, 3.63) is 82.2 Å². The minimum absolute atomic E-state index is 0.100. The molecule has 5 heteroatoms. The van der Waals surface area contributed by atoms with E-state index in [-0.39, 0.29) is 11.8 Å². The van der Waals surface area contributed by atoms with Crippen molar-refractivity contribution < 1.29 is 9.59 Å². The van der Waals surface area contributed by atoms with Crippen molar-refractivity contribution in [2.45, 2.75) is 32.6 Å². The monoisotopic (exact) mass is 404 g/mol. The highest BCUT2D eigenvalue weighted by atomic mass is 32.1. The lowest BCUT2D eigenvalue weighted by molar-refractivity contribution is -0.115. The lowest BCUT2D eigenvalue weighted by atomic mass is 9.88. The molecule has 2 aromatic carbocycles. The van der Waals surface area contributed by atoms with E-state index in [0.717, 1.165) is 36.1 Å². The zero-order valence-corrected chi connectivity index (χ0v) is 17.2. The summed E-state index contributed by atoms with van der Waals surface area (Å²) in [6.07, 6.45) is 3.19. The predicted molar refractivity (Wildman–Crippen MR) is 119 cm³/mol. The molecule has 1 aliphatic carbocycles. The van der Waals surface area contributed by atoms with Gasteiger partial charge in [-0.15, -0.1) is 11.3 Å². The molecule has 0 spiro atoms. The molecular formula is C24H24N2O2S. The van der Waals surface area contributed by atoms with Crippen molar-refractivity contribution in [1.82, 2.24) is 0 Å². The van der Waals surface area contributed by atoms with Gasteiger partial charge in [0, 0.05) is 10.6 Å². The van der Waals surface area contributed by atoms with Crippen LogP contribution in [0.4, 0.5) is 10.7 Å². The van der Waals surface area contributed by atoms with E-state index in [0.29, 0.717) is 22.9 Å². The highest BCUT2D eigenvalue weighted by Gasteiger charge is 2.28. The number of rotatable bonds is 5. The first-order chi connectivity index (χ1) is 14.1. The van der Waals surface area contributed by atoms with Gasteiger partial charge in [-0.1, -0.05) is 55.5 Å². The molecule has 0 radical (unpaired) electrons. The normalized spacial score (nSPS) is 15.4. The van der Waals surface area contributed by atoms with Gasteiger partial charge in [0.15, 0.2) is 0 Å². The molecule has 1 aromatic heterocycles. The lowest BCUT2D eigenvalue weighted by Crippen LogP contribution is -2.20. The van der Waals surface area contributed by atoms with Crippen molar-refractivity contribution in [2.75, 3.05) is 10.6 Å². The minimum Gasteiger partial charge on any atom is -0.322 e. The van der Waals surface area contributed by atoms with Gasteiger partial charge in [-0.05, 0) is 48.4 Å². The second kappa shape index (κ2) is 8.62. The Morgan fingerprint density at radius 3 is 2.41 bits per heavy atom. The molecule has 1 heterocycles. The number of thiophene rings is 1. The first-order valence-corrected chi connectivity index (χ1v) is 10.8. The van der Waals surface area contributed by atoms with Gasteiger partial charge in [0.1, 0.15) is 5.00 Å². The average Bonchev–Trinajstić information content (AvgIpc) is 3.06. The Balaban J connectivity index is 1.60. The molecular weight excluding hydrogens is 380 g/mol. The van der Waals surface area contributed by atoms with Crippen LogP contribution in [-0.2, 0) is 24.1 Å². The molecule has 148 valence electrons. The van der Waals surface area contributed by atoms with E-state index in [2.05, 4.69) is 17.6 Å². The van der Waals surface area contributed by atoms with Crippen LogP contribution < -0.4 is 10.6 Å². The van der Waals surface area contributed by atoms with E-state index in [1.165, 1.54) is 4.88 Å². The Kier molecular flexibility index (Phi) is 5.76. The van der Waals surface area contributed by atoms with Crippen LogP contribution in [0.15, 0.2) is 60.7 Å².